The molecular formula is C16H22N2OS. The lowest BCUT2D eigenvalue weighted by Crippen LogP contribution is -2.17. The molecule has 0 radical (unpaired) electrons. The topological polar surface area (TPSA) is 34.1 Å². The third-order valence-corrected chi connectivity index (χ3v) is 3.77. The molecule has 2 aromatic rings. The predicted octanol–water partition coefficient (Wildman–Crippen LogP) is 3.71. The van der Waals surface area contributed by atoms with Gasteiger partial charge in [-0.3, -0.25) is 0 Å². The lowest BCUT2D eigenvalue weighted by molar-refractivity contribution is 0.0770. The molecule has 20 heavy (non-hydrogen) atoms. The Balaban J connectivity index is 1.71. The van der Waals surface area contributed by atoms with E-state index >= 15 is 0 Å². The second kappa shape index (κ2) is 8.15. The summed E-state index contributed by atoms with van der Waals surface area (Å²) in [5.41, 5.74) is 2.30. The van der Waals surface area contributed by atoms with Crippen molar-refractivity contribution in [2.24, 2.45) is 0 Å². The molecule has 108 valence electrons. The Morgan fingerprint density at radius 3 is 2.80 bits per heavy atom. The van der Waals surface area contributed by atoms with Gasteiger partial charge in [0.25, 0.3) is 0 Å². The third kappa shape index (κ3) is 5.04. The Morgan fingerprint density at radius 2 is 2.05 bits per heavy atom. The molecule has 0 aliphatic heterocycles. The molecule has 0 saturated heterocycles. The molecule has 0 spiro atoms. The van der Waals surface area contributed by atoms with Crippen LogP contribution >= 0.6 is 11.3 Å². The second-order valence-corrected chi connectivity index (χ2v) is 5.82. The molecule has 2 rings (SSSR count). The quantitative estimate of drug-likeness (QED) is 0.752. The van der Waals surface area contributed by atoms with Crippen molar-refractivity contribution in [2.45, 2.75) is 32.9 Å². The standard InChI is InChI=1S/C16H22N2OS/c1-13(2)19-10-6-9-17-11-15-12-20-16(18-15)14-7-4-3-5-8-14/h3-5,7-8,12-13,17H,6,9-11H2,1-2H3. The van der Waals surface area contributed by atoms with Crippen LogP contribution in [0.15, 0.2) is 35.7 Å². The zero-order valence-electron chi connectivity index (χ0n) is 12.1. The fourth-order valence-electron chi connectivity index (χ4n) is 1.83. The summed E-state index contributed by atoms with van der Waals surface area (Å²) in [5, 5.41) is 6.62. The molecule has 1 aromatic carbocycles. The van der Waals surface area contributed by atoms with Crippen LogP contribution in [0.4, 0.5) is 0 Å². The van der Waals surface area contributed by atoms with Gasteiger partial charge in [-0.05, 0) is 26.8 Å². The molecule has 0 amide bonds. The van der Waals surface area contributed by atoms with E-state index < -0.39 is 0 Å². The Hall–Kier alpha value is -1.23. The molecule has 1 aromatic heterocycles. The summed E-state index contributed by atoms with van der Waals surface area (Å²) in [4.78, 5) is 4.65. The minimum atomic E-state index is 0.321. The average molecular weight is 290 g/mol. The highest BCUT2D eigenvalue weighted by atomic mass is 32.1. The monoisotopic (exact) mass is 290 g/mol. The van der Waals surface area contributed by atoms with Crippen molar-refractivity contribution >= 4 is 11.3 Å². The van der Waals surface area contributed by atoms with Crippen LogP contribution in [-0.4, -0.2) is 24.2 Å². The maximum Gasteiger partial charge on any atom is 0.123 e. The van der Waals surface area contributed by atoms with Gasteiger partial charge in [-0.15, -0.1) is 11.3 Å². The normalized spacial score (nSPS) is 11.2. The van der Waals surface area contributed by atoms with Gasteiger partial charge in [0, 0.05) is 24.1 Å². The van der Waals surface area contributed by atoms with Gasteiger partial charge in [0.1, 0.15) is 5.01 Å². The van der Waals surface area contributed by atoms with Crippen LogP contribution in [0.25, 0.3) is 10.6 Å². The molecule has 3 nitrogen and oxygen atoms in total. The maximum absolute atomic E-state index is 5.50. The first kappa shape index (κ1) is 15.2. The number of nitrogens with one attached hydrogen (secondary N) is 1. The summed E-state index contributed by atoms with van der Waals surface area (Å²) in [6.45, 7) is 6.73. The minimum absolute atomic E-state index is 0.321. The first-order valence-electron chi connectivity index (χ1n) is 7.08. The molecule has 0 bridgehead atoms. The van der Waals surface area contributed by atoms with E-state index in [9.17, 15) is 0 Å². The largest absolute Gasteiger partial charge is 0.379 e. The fourth-order valence-corrected chi connectivity index (χ4v) is 2.66. The minimum Gasteiger partial charge on any atom is -0.379 e. The number of rotatable bonds is 8. The number of benzene rings is 1. The number of ether oxygens (including phenoxy) is 1. The van der Waals surface area contributed by atoms with Crippen molar-refractivity contribution in [3.05, 3.63) is 41.4 Å². The van der Waals surface area contributed by atoms with Gasteiger partial charge in [-0.2, -0.15) is 0 Å². The first-order valence-corrected chi connectivity index (χ1v) is 7.96. The van der Waals surface area contributed by atoms with Crippen LogP contribution < -0.4 is 5.32 Å². The van der Waals surface area contributed by atoms with Crippen molar-refractivity contribution in [3.8, 4) is 10.6 Å². The van der Waals surface area contributed by atoms with Crippen LogP contribution in [0, 0.1) is 0 Å². The summed E-state index contributed by atoms with van der Waals surface area (Å²) in [6.07, 6.45) is 1.36. The summed E-state index contributed by atoms with van der Waals surface area (Å²) in [6, 6.07) is 10.3. The number of hydrogen-bond donors (Lipinski definition) is 1. The zero-order chi connectivity index (χ0) is 14.2. The van der Waals surface area contributed by atoms with Gasteiger partial charge in [0.15, 0.2) is 0 Å². The van der Waals surface area contributed by atoms with Crippen LogP contribution in [0.2, 0.25) is 0 Å². The van der Waals surface area contributed by atoms with Crippen molar-refractivity contribution < 1.29 is 4.74 Å². The molecule has 0 unspecified atom stereocenters. The van der Waals surface area contributed by atoms with E-state index in [1.54, 1.807) is 11.3 Å². The molecule has 4 heteroatoms. The Kier molecular flexibility index (Phi) is 6.18. The number of hydrogen-bond acceptors (Lipinski definition) is 4. The fraction of sp³-hybridized carbons (Fsp3) is 0.438. The SMILES string of the molecule is CC(C)OCCCNCc1csc(-c2ccccc2)n1. The third-order valence-electron chi connectivity index (χ3n) is 2.83. The number of nitrogens with zero attached hydrogens (tertiary/aromatic N) is 1. The maximum atomic E-state index is 5.50. The smallest absolute Gasteiger partial charge is 0.123 e. The van der Waals surface area contributed by atoms with Gasteiger partial charge in [0.2, 0.25) is 0 Å². The highest BCUT2D eigenvalue weighted by Crippen LogP contribution is 2.22. The summed E-state index contributed by atoms with van der Waals surface area (Å²) >= 11 is 1.70. The summed E-state index contributed by atoms with van der Waals surface area (Å²) < 4.78 is 5.50. The van der Waals surface area contributed by atoms with E-state index in [1.807, 2.05) is 18.2 Å². The molecule has 0 saturated carbocycles. The van der Waals surface area contributed by atoms with Crippen LogP contribution in [0.5, 0.6) is 0 Å². The van der Waals surface area contributed by atoms with E-state index in [4.69, 9.17) is 4.74 Å². The van der Waals surface area contributed by atoms with Crippen molar-refractivity contribution in [1.29, 1.82) is 0 Å². The Bertz CT molecular complexity index is 496. The van der Waals surface area contributed by atoms with Crippen molar-refractivity contribution in [3.63, 3.8) is 0 Å². The highest BCUT2D eigenvalue weighted by molar-refractivity contribution is 7.13. The summed E-state index contributed by atoms with van der Waals surface area (Å²) in [7, 11) is 0. The van der Waals surface area contributed by atoms with E-state index in [2.05, 4.69) is 41.7 Å². The molecule has 0 atom stereocenters. The molecule has 1 heterocycles. The van der Waals surface area contributed by atoms with Crippen molar-refractivity contribution in [1.82, 2.24) is 10.3 Å². The number of aromatic nitrogens is 1. The zero-order valence-corrected chi connectivity index (χ0v) is 13.0. The molecule has 1 N–H and O–H groups in total. The molecular weight excluding hydrogens is 268 g/mol. The van der Waals surface area contributed by atoms with E-state index in [0.717, 1.165) is 36.8 Å². The van der Waals surface area contributed by atoms with Crippen LogP contribution in [0.1, 0.15) is 26.0 Å². The van der Waals surface area contributed by atoms with Gasteiger partial charge in [0.05, 0.1) is 11.8 Å². The van der Waals surface area contributed by atoms with Crippen molar-refractivity contribution in [2.75, 3.05) is 13.2 Å². The van der Waals surface area contributed by atoms with Gasteiger partial charge in [-0.25, -0.2) is 4.98 Å². The predicted molar refractivity (Wildman–Crippen MR) is 85.0 cm³/mol. The molecule has 0 aliphatic carbocycles. The molecule has 0 aliphatic rings. The van der Waals surface area contributed by atoms with Gasteiger partial charge in [-0.1, -0.05) is 30.3 Å². The van der Waals surface area contributed by atoms with E-state index in [1.165, 1.54) is 5.56 Å². The average Bonchev–Trinajstić information content (AvgIpc) is 2.92. The lowest BCUT2D eigenvalue weighted by Gasteiger charge is -2.07. The summed E-state index contributed by atoms with van der Waals surface area (Å²) in [5.74, 6) is 0. The lowest BCUT2D eigenvalue weighted by atomic mass is 10.2. The second-order valence-electron chi connectivity index (χ2n) is 4.96. The first-order chi connectivity index (χ1) is 9.75. The van der Waals surface area contributed by atoms with Gasteiger partial charge < -0.3 is 10.1 Å². The molecule has 0 fully saturated rings. The Labute approximate surface area is 125 Å². The number of thiazole rings is 1. The van der Waals surface area contributed by atoms with Crippen LogP contribution in [0.3, 0.4) is 0 Å². The van der Waals surface area contributed by atoms with E-state index in [0.29, 0.717) is 6.10 Å². The highest BCUT2D eigenvalue weighted by Gasteiger charge is 2.03. The van der Waals surface area contributed by atoms with Crippen LogP contribution in [-0.2, 0) is 11.3 Å². The van der Waals surface area contributed by atoms with E-state index in [-0.39, 0.29) is 0 Å². The van der Waals surface area contributed by atoms with Gasteiger partial charge >= 0.3 is 0 Å². The Morgan fingerprint density at radius 1 is 1.25 bits per heavy atom.